The van der Waals surface area contributed by atoms with Crippen molar-refractivity contribution in [2.45, 2.75) is 20.0 Å². The number of nitrogens with zero attached hydrogens (tertiary/aromatic N) is 3. The fraction of sp³-hybridized carbons (Fsp3) is 0.200. The summed E-state index contributed by atoms with van der Waals surface area (Å²) in [6.07, 6.45) is 0. The molecule has 0 aliphatic carbocycles. The van der Waals surface area contributed by atoms with E-state index in [0.717, 1.165) is 10.1 Å². The third-order valence-electron chi connectivity index (χ3n) is 4.40. The van der Waals surface area contributed by atoms with E-state index in [0.29, 0.717) is 10.7 Å². The van der Waals surface area contributed by atoms with Crippen LogP contribution in [0.3, 0.4) is 0 Å². The summed E-state index contributed by atoms with van der Waals surface area (Å²) in [6.45, 7) is 1.20. The summed E-state index contributed by atoms with van der Waals surface area (Å²) in [6, 6.07) is 12.7. The minimum atomic E-state index is -1.12. The molecule has 1 heterocycles. The highest BCUT2D eigenvalue weighted by Crippen LogP contribution is 2.15. The highest BCUT2D eigenvalue weighted by Gasteiger charge is 2.17. The highest BCUT2D eigenvalue weighted by molar-refractivity contribution is 6.30. The molecule has 0 radical (unpaired) electrons. The number of hydrogen-bond acceptors (Lipinski definition) is 5. The molecule has 10 heteroatoms. The number of carboxylic acid groups (broad SMARTS) is 1. The third kappa shape index (κ3) is 4.87. The summed E-state index contributed by atoms with van der Waals surface area (Å²) in [4.78, 5) is 43.6. The Kier molecular flexibility index (Phi) is 6.22. The average molecular weight is 431 g/mol. The van der Waals surface area contributed by atoms with Crippen LogP contribution in [0.4, 0.5) is 5.69 Å². The van der Waals surface area contributed by atoms with E-state index in [1.165, 1.54) is 35.8 Å². The summed E-state index contributed by atoms with van der Waals surface area (Å²) in [7, 11) is 0. The molecule has 30 heavy (non-hydrogen) atoms. The normalized spacial score (nSPS) is 12.7. The third-order valence-corrected chi connectivity index (χ3v) is 4.65. The van der Waals surface area contributed by atoms with Gasteiger partial charge in [-0.25, -0.2) is 19.1 Å². The number of rotatable bonds is 6. The van der Waals surface area contributed by atoms with Gasteiger partial charge >= 0.3 is 17.3 Å². The van der Waals surface area contributed by atoms with Crippen LogP contribution in [-0.4, -0.2) is 30.3 Å². The molecule has 0 fully saturated rings. The van der Waals surface area contributed by atoms with Crippen molar-refractivity contribution in [2.24, 2.45) is 10.9 Å². The van der Waals surface area contributed by atoms with Gasteiger partial charge < -0.3 is 10.2 Å². The van der Waals surface area contributed by atoms with Crippen LogP contribution in [0.2, 0.25) is 5.02 Å². The Bertz CT molecular complexity index is 1240. The Morgan fingerprint density at radius 2 is 1.73 bits per heavy atom. The molecular formula is C20H19ClN4O5. The molecule has 0 spiro atoms. The van der Waals surface area contributed by atoms with Gasteiger partial charge in [-0.15, -0.1) is 0 Å². The Morgan fingerprint density at radius 1 is 1.10 bits per heavy atom. The summed E-state index contributed by atoms with van der Waals surface area (Å²) in [5.41, 5.74) is -0.333. The van der Waals surface area contributed by atoms with Gasteiger partial charge in [-0.05, 0) is 42.0 Å². The second-order valence-corrected chi connectivity index (χ2v) is 7.16. The first kappa shape index (κ1) is 21.1. The molecule has 0 aliphatic heterocycles. The molecule has 0 saturated carbocycles. The fourth-order valence-corrected chi connectivity index (χ4v) is 2.85. The molecule has 1 unspecified atom stereocenters. The monoisotopic (exact) mass is 430 g/mol. The van der Waals surface area contributed by atoms with Crippen LogP contribution in [-0.2, 0) is 17.9 Å². The van der Waals surface area contributed by atoms with E-state index in [4.69, 9.17) is 16.7 Å². The number of benzene rings is 2. The van der Waals surface area contributed by atoms with Crippen molar-refractivity contribution in [1.29, 1.82) is 0 Å². The number of aromatic amines is 1. The number of aromatic hydroxyl groups is 1. The molecule has 3 N–H and O–H groups in total. The maximum Gasteiger partial charge on any atom is 0.335 e. The second kappa shape index (κ2) is 8.83. The van der Waals surface area contributed by atoms with Gasteiger partial charge in [0.2, 0.25) is 5.62 Å². The van der Waals surface area contributed by atoms with Gasteiger partial charge in [-0.3, -0.25) is 14.3 Å². The molecule has 0 saturated heterocycles. The number of carboxylic acids is 1. The second-order valence-electron chi connectivity index (χ2n) is 6.73. The number of phenolic OH excluding ortho intramolecular Hbond substituents is 1. The minimum Gasteiger partial charge on any atom is -0.508 e. The lowest BCUT2D eigenvalue weighted by Crippen LogP contribution is -2.51. The van der Waals surface area contributed by atoms with E-state index in [1.807, 2.05) is 0 Å². The zero-order valence-corrected chi connectivity index (χ0v) is 16.7. The summed E-state index contributed by atoms with van der Waals surface area (Å²) in [5.74, 6) is -2.01. The van der Waals surface area contributed by atoms with Gasteiger partial charge in [-0.2, -0.15) is 0 Å². The molecule has 3 aromatic rings. The number of hydrogen-bond donors (Lipinski definition) is 3. The van der Waals surface area contributed by atoms with Gasteiger partial charge in [0, 0.05) is 11.6 Å². The lowest BCUT2D eigenvalue weighted by molar-refractivity contribution is -0.141. The van der Waals surface area contributed by atoms with Gasteiger partial charge in [-0.1, -0.05) is 30.7 Å². The fourth-order valence-electron chi connectivity index (χ4n) is 2.72. The van der Waals surface area contributed by atoms with Crippen LogP contribution in [0.5, 0.6) is 5.75 Å². The molecule has 1 aromatic heterocycles. The highest BCUT2D eigenvalue weighted by atomic mass is 35.5. The van der Waals surface area contributed by atoms with E-state index in [9.17, 15) is 19.5 Å². The number of halogens is 1. The Balaban J connectivity index is 2.18. The van der Waals surface area contributed by atoms with Gasteiger partial charge in [0.05, 0.1) is 18.2 Å². The number of carbonyl (C=O) groups is 1. The van der Waals surface area contributed by atoms with E-state index >= 15 is 0 Å². The lowest BCUT2D eigenvalue weighted by atomic mass is 10.2. The molecule has 2 aromatic carbocycles. The van der Waals surface area contributed by atoms with Crippen molar-refractivity contribution in [3.8, 4) is 5.75 Å². The van der Waals surface area contributed by atoms with E-state index in [-0.39, 0.29) is 24.5 Å². The molecule has 0 amide bonds. The Labute approximate surface area is 175 Å². The predicted molar refractivity (Wildman–Crippen MR) is 110 cm³/mol. The molecule has 3 rings (SSSR count). The topological polar surface area (TPSA) is 130 Å². The zero-order valence-electron chi connectivity index (χ0n) is 15.9. The molecular weight excluding hydrogens is 412 g/mol. The maximum atomic E-state index is 13.1. The smallest absolute Gasteiger partial charge is 0.335 e. The number of nitrogens with one attached hydrogen (secondary N) is 1. The summed E-state index contributed by atoms with van der Waals surface area (Å²) in [5, 5.41) is 19.1. The quantitative estimate of drug-likeness (QED) is 0.548. The Morgan fingerprint density at radius 3 is 2.33 bits per heavy atom. The zero-order chi connectivity index (χ0) is 21.8. The number of H-pyrrole nitrogens is 1. The lowest BCUT2D eigenvalue weighted by Gasteiger charge is -2.13. The molecule has 1 atom stereocenters. The average Bonchev–Trinajstić information content (AvgIpc) is 2.71. The van der Waals surface area contributed by atoms with Crippen molar-refractivity contribution in [1.82, 2.24) is 14.1 Å². The molecule has 0 aliphatic rings. The van der Waals surface area contributed by atoms with Crippen LogP contribution in [0.15, 0.2) is 63.1 Å². The summed E-state index contributed by atoms with van der Waals surface area (Å²) >= 11 is 5.92. The van der Waals surface area contributed by atoms with Gasteiger partial charge in [0.15, 0.2) is 0 Å². The van der Waals surface area contributed by atoms with Crippen LogP contribution < -0.4 is 17.0 Å². The van der Waals surface area contributed by atoms with E-state index in [2.05, 4.69) is 9.98 Å². The number of phenols is 1. The standard InChI is InChI=1S/C20H19ClN4O5/c1-12(17(27)28)10-25-19(29)23-18(22-15-6-8-16(26)9-7-15)24(20(25)30)11-13-2-4-14(21)5-3-13/h2-9,12,26H,10-11H2,1H3,(H,27,28)(H,22,23,29). The van der Waals surface area contributed by atoms with Crippen molar-refractivity contribution in [2.75, 3.05) is 0 Å². The first-order valence-electron chi connectivity index (χ1n) is 8.99. The SMILES string of the molecule is CC(Cn1c(=O)[nH]c(=Nc2ccc(O)cc2)n(Cc2ccc(Cl)cc2)c1=O)C(=O)O. The first-order chi connectivity index (χ1) is 14.2. The Hall–Kier alpha value is -3.59. The van der Waals surface area contributed by atoms with Crippen LogP contribution in [0.25, 0.3) is 0 Å². The summed E-state index contributed by atoms with van der Waals surface area (Å²) < 4.78 is 2.08. The van der Waals surface area contributed by atoms with Crippen molar-refractivity contribution in [3.63, 3.8) is 0 Å². The molecule has 156 valence electrons. The largest absolute Gasteiger partial charge is 0.508 e. The van der Waals surface area contributed by atoms with Crippen molar-refractivity contribution < 1.29 is 15.0 Å². The van der Waals surface area contributed by atoms with Crippen LogP contribution in [0, 0.1) is 5.92 Å². The van der Waals surface area contributed by atoms with E-state index < -0.39 is 23.3 Å². The maximum absolute atomic E-state index is 13.1. The van der Waals surface area contributed by atoms with Crippen molar-refractivity contribution in [3.05, 3.63) is 85.7 Å². The number of aromatic nitrogens is 3. The van der Waals surface area contributed by atoms with Crippen molar-refractivity contribution >= 4 is 23.3 Å². The first-order valence-corrected chi connectivity index (χ1v) is 9.37. The predicted octanol–water partition coefficient (Wildman–Crippen LogP) is 1.70. The van der Waals surface area contributed by atoms with Crippen LogP contribution in [0.1, 0.15) is 12.5 Å². The molecule has 0 bridgehead atoms. The minimum absolute atomic E-state index is 0.00938. The van der Waals surface area contributed by atoms with Crippen LogP contribution >= 0.6 is 11.6 Å². The van der Waals surface area contributed by atoms with Gasteiger partial charge in [0.25, 0.3) is 0 Å². The molecule has 9 nitrogen and oxygen atoms in total. The number of aliphatic carboxylic acids is 1. The van der Waals surface area contributed by atoms with Gasteiger partial charge in [0.1, 0.15) is 5.75 Å². The van der Waals surface area contributed by atoms with E-state index in [1.54, 1.807) is 24.3 Å².